The fourth-order valence-corrected chi connectivity index (χ4v) is 5.55. The van der Waals surface area contributed by atoms with Gasteiger partial charge in [-0.05, 0) is 56.1 Å². The molecule has 0 aliphatic carbocycles. The minimum Gasteiger partial charge on any atom is -0.492 e. The number of hydrogen-bond acceptors (Lipinski definition) is 8. The molecule has 2 atom stereocenters. The number of ether oxygens (including phenoxy) is 1. The van der Waals surface area contributed by atoms with Gasteiger partial charge < -0.3 is 14.3 Å². The number of rotatable bonds is 6. The van der Waals surface area contributed by atoms with E-state index in [1.165, 1.54) is 15.9 Å². The van der Waals surface area contributed by atoms with E-state index in [9.17, 15) is 9.90 Å². The smallest absolute Gasteiger partial charge is 0.310 e. The minimum atomic E-state index is -0.278. The normalized spacial score (nSPS) is 17.9. The highest BCUT2D eigenvalue weighted by atomic mass is 35.5. The number of likely N-dealkylation sites (tertiary alicyclic amines) is 1. The molecule has 0 spiro atoms. The number of aromatic nitrogens is 3. The number of halogens is 1. The van der Waals surface area contributed by atoms with Crippen LogP contribution in [0, 0.1) is 5.92 Å². The third kappa shape index (κ3) is 4.23. The Morgan fingerprint density at radius 1 is 1.36 bits per heavy atom. The molecule has 10 heteroatoms. The summed E-state index contributed by atoms with van der Waals surface area (Å²) in [5.74, 6) is 0.597. The highest BCUT2D eigenvalue weighted by Gasteiger charge is 2.35. The first-order chi connectivity index (χ1) is 16.0. The van der Waals surface area contributed by atoms with E-state index in [4.69, 9.17) is 20.8 Å². The maximum Gasteiger partial charge on any atom is 0.310 e. The number of hydrogen-bond donors (Lipinski definition) is 1. The zero-order valence-electron chi connectivity index (χ0n) is 18.0. The van der Waals surface area contributed by atoms with Gasteiger partial charge in [-0.3, -0.25) is 9.69 Å². The Morgan fingerprint density at radius 3 is 2.88 bits per heavy atom. The number of carbonyl (C=O) groups excluding carboxylic acids is 1. The van der Waals surface area contributed by atoms with Crippen molar-refractivity contribution in [2.75, 3.05) is 19.7 Å². The second kappa shape index (κ2) is 9.17. The molecule has 0 unspecified atom stereocenters. The number of esters is 1. The minimum absolute atomic E-state index is 0.0264. The first kappa shape index (κ1) is 21.9. The largest absolute Gasteiger partial charge is 0.492 e. The average molecular weight is 487 g/mol. The molecule has 4 aromatic rings. The standard InChI is InChI=1S/C23H23ClN4O4S/c1-2-31-22(30)15-5-3-11-27(13-15)18(14-7-9-16(24)10-8-14)19-21(29)28-23(33-19)25-20(26-28)17-6-4-12-32-17/h4,6-10,12,15,18,29H,2-3,5,11,13H2,1H3/t15-,18-/m0/s1. The lowest BCUT2D eigenvalue weighted by molar-refractivity contribution is -0.150. The number of aromatic hydroxyl groups is 1. The van der Waals surface area contributed by atoms with Crippen LogP contribution < -0.4 is 0 Å². The Hall–Kier alpha value is -2.88. The summed E-state index contributed by atoms with van der Waals surface area (Å²) in [6.45, 7) is 3.51. The van der Waals surface area contributed by atoms with E-state index in [0.717, 1.165) is 24.9 Å². The molecule has 1 aromatic carbocycles. The van der Waals surface area contributed by atoms with Crippen LogP contribution >= 0.6 is 22.9 Å². The summed E-state index contributed by atoms with van der Waals surface area (Å²) in [4.78, 5) is 20.5. The number of nitrogens with zero attached hydrogens (tertiary/aromatic N) is 4. The lowest BCUT2D eigenvalue weighted by Crippen LogP contribution is -2.41. The molecule has 4 heterocycles. The number of benzene rings is 1. The van der Waals surface area contributed by atoms with Gasteiger partial charge in [-0.15, -0.1) is 5.10 Å². The Labute approximate surface area is 199 Å². The second-order valence-corrected chi connectivity index (χ2v) is 9.38. The van der Waals surface area contributed by atoms with Crippen LogP contribution in [-0.4, -0.2) is 50.3 Å². The Kier molecular flexibility index (Phi) is 6.09. The fourth-order valence-electron chi connectivity index (χ4n) is 4.30. The van der Waals surface area contributed by atoms with Crippen molar-refractivity contribution in [2.24, 2.45) is 5.92 Å². The number of furan rings is 1. The van der Waals surface area contributed by atoms with Crippen LogP contribution in [0.4, 0.5) is 0 Å². The van der Waals surface area contributed by atoms with Crippen molar-refractivity contribution in [3.63, 3.8) is 0 Å². The van der Waals surface area contributed by atoms with E-state index in [2.05, 4.69) is 15.0 Å². The number of thiazole rings is 1. The van der Waals surface area contributed by atoms with Crippen LogP contribution in [0.2, 0.25) is 5.02 Å². The molecule has 1 saturated heterocycles. The Morgan fingerprint density at radius 2 is 2.18 bits per heavy atom. The van der Waals surface area contributed by atoms with Crippen molar-refractivity contribution in [3.8, 4) is 17.5 Å². The van der Waals surface area contributed by atoms with Gasteiger partial charge in [0, 0.05) is 11.6 Å². The highest BCUT2D eigenvalue weighted by molar-refractivity contribution is 7.17. The van der Waals surface area contributed by atoms with Gasteiger partial charge in [0.05, 0.1) is 29.7 Å². The van der Waals surface area contributed by atoms with Gasteiger partial charge in [0.15, 0.2) is 5.76 Å². The van der Waals surface area contributed by atoms with E-state index >= 15 is 0 Å². The maximum absolute atomic E-state index is 12.5. The molecule has 0 bridgehead atoms. The molecule has 1 N–H and O–H groups in total. The predicted octanol–water partition coefficient (Wildman–Crippen LogP) is 4.77. The fraction of sp³-hybridized carbons (Fsp3) is 0.348. The quantitative estimate of drug-likeness (QED) is 0.392. The van der Waals surface area contributed by atoms with Gasteiger partial charge in [-0.1, -0.05) is 35.1 Å². The van der Waals surface area contributed by atoms with Gasteiger partial charge >= 0.3 is 5.97 Å². The number of piperidine rings is 1. The molecule has 33 heavy (non-hydrogen) atoms. The highest BCUT2D eigenvalue weighted by Crippen LogP contribution is 2.42. The van der Waals surface area contributed by atoms with E-state index in [0.29, 0.717) is 39.6 Å². The van der Waals surface area contributed by atoms with Crippen LogP contribution in [0.3, 0.4) is 0 Å². The van der Waals surface area contributed by atoms with Crippen molar-refractivity contribution in [1.82, 2.24) is 19.5 Å². The first-order valence-corrected chi connectivity index (χ1v) is 12.0. The van der Waals surface area contributed by atoms with Crippen molar-refractivity contribution in [3.05, 3.63) is 58.1 Å². The van der Waals surface area contributed by atoms with Crippen LogP contribution in [0.15, 0.2) is 47.1 Å². The predicted molar refractivity (Wildman–Crippen MR) is 124 cm³/mol. The van der Waals surface area contributed by atoms with E-state index < -0.39 is 0 Å². The van der Waals surface area contributed by atoms with Crippen molar-refractivity contribution >= 4 is 33.9 Å². The summed E-state index contributed by atoms with van der Waals surface area (Å²) >= 11 is 7.51. The zero-order chi connectivity index (χ0) is 22.9. The van der Waals surface area contributed by atoms with E-state index in [-0.39, 0.29) is 23.8 Å². The topological polar surface area (TPSA) is 93.1 Å². The van der Waals surface area contributed by atoms with Crippen molar-refractivity contribution in [1.29, 1.82) is 0 Å². The molecule has 3 aromatic heterocycles. The van der Waals surface area contributed by atoms with Crippen LogP contribution in [-0.2, 0) is 9.53 Å². The molecule has 1 aliphatic heterocycles. The third-order valence-electron chi connectivity index (χ3n) is 5.81. The molecular formula is C23H23ClN4O4S. The maximum atomic E-state index is 12.5. The monoisotopic (exact) mass is 486 g/mol. The molecule has 8 nitrogen and oxygen atoms in total. The van der Waals surface area contributed by atoms with Gasteiger partial charge in [-0.2, -0.15) is 9.50 Å². The summed E-state index contributed by atoms with van der Waals surface area (Å²) in [6.07, 6.45) is 3.21. The van der Waals surface area contributed by atoms with Gasteiger partial charge in [0.2, 0.25) is 16.7 Å². The van der Waals surface area contributed by atoms with Gasteiger partial charge in [-0.25, -0.2) is 0 Å². The van der Waals surface area contributed by atoms with Crippen molar-refractivity contribution in [2.45, 2.75) is 25.8 Å². The first-order valence-electron chi connectivity index (χ1n) is 10.8. The average Bonchev–Trinajstić information content (AvgIpc) is 3.55. The molecule has 0 radical (unpaired) electrons. The molecule has 1 fully saturated rings. The second-order valence-electron chi connectivity index (χ2n) is 7.94. The summed E-state index contributed by atoms with van der Waals surface area (Å²) < 4.78 is 12.1. The van der Waals surface area contributed by atoms with Gasteiger partial charge in [0.1, 0.15) is 0 Å². The molecule has 5 rings (SSSR count). The van der Waals surface area contributed by atoms with Crippen LogP contribution in [0.25, 0.3) is 16.5 Å². The van der Waals surface area contributed by atoms with Crippen LogP contribution in [0.5, 0.6) is 5.88 Å². The van der Waals surface area contributed by atoms with Crippen molar-refractivity contribution < 1.29 is 19.1 Å². The van der Waals surface area contributed by atoms with Crippen LogP contribution in [0.1, 0.15) is 36.2 Å². The molecule has 172 valence electrons. The summed E-state index contributed by atoms with van der Waals surface area (Å²) in [7, 11) is 0. The zero-order valence-corrected chi connectivity index (χ0v) is 19.6. The summed E-state index contributed by atoms with van der Waals surface area (Å²) in [5.41, 5.74) is 0.968. The third-order valence-corrected chi connectivity index (χ3v) is 7.14. The summed E-state index contributed by atoms with van der Waals surface area (Å²) in [5, 5.41) is 16.2. The summed E-state index contributed by atoms with van der Waals surface area (Å²) in [6, 6.07) is 10.8. The Bertz CT molecular complexity index is 1250. The van der Waals surface area contributed by atoms with E-state index in [1.807, 2.05) is 31.2 Å². The SMILES string of the molecule is CCOC(=O)[C@H]1CCCN([C@@H](c2ccc(Cl)cc2)c2sc3nc(-c4ccco4)nn3c2O)C1. The molecule has 0 amide bonds. The lowest BCUT2D eigenvalue weighted by Gasteiger charge is -2.37. The number of carbonyl (C=O) groups is 1. The molecule has 0 saturated carbocycles. The number of fused-ring (bicyclic) bond motifs is 1. The molecular weight excluding hydrogens is 464 g/mol. The Balaban J connectivity index is 1.54. The molecule has 1 aliphatic rings. The lowest BCUT2D eigenvalue weighted by atomic mass is 9.94. The van der Waals surface area contributed by atoms with E-state index in [1.54, 1.807) is 18.4 Å². The van der Waals surface area contributed by atoms with Gasteiger partial charge in [0.25, 0.3) is 0 Å².